The second kappa shape index (κ2) is 6.90. The first-order chi connectivity index (χ1) is 8.65. The van der Waals surface area contributed by atoms with Gasteiger partial charge >= 0.3 is 0 Å². The SMILES string of the molecule is CN(Cc1ccc(Cl)c(Br)c1)CC1CCNCC1. The molecule has 1 aliphatic rings. The van der Waals surface area contributed by atoms with Gasteiger partial charge in [0.2, 0.25) is 0 Å². The molecule has 0 saturated carbocycles. The zero-order valence-corrected chi connectivity index (χ0v) is 13.1. The van der Waals surface area contributed by atoms with Crippen LogP contribution in [0.2, 0.25) is 5.02 Å². The molecule has 0 unspecified atom stereocenters. The van der Waals surface area contributed by atoms with Crippen LogP contribution in [0.3, 0.4) is 0 Å². The van der Waals surface area contributed by atoms with E-state index in [1.165, 1.54) is 38.0 Å². The Balaban J connectivity index is 1.85. The molecule has 0 radical (unpaired) electrons. The van der Waals surface area contributed by atoms with Gasteiger partial charge in [0, 0.05) is 17.6 Å². The van der Waals surface area contributed by atoms with Gasteiger partial charge in [-0.1, -0.05) is 17.7 Å². The van der Waals surface area contributed by atoms with Crippen molar-refractivity contribution in [1.29, 1.82) is 0 Å². The molecule has 0 spiro atoms. The van der Waals surface area contributed by atoms with Gasteiger partial charge in [-0.2, -0.15) is 0 Å². The average molecular weight is 332 g/mol. The molecule has 1 N–H and O–H groups in total. The highest BCUT2D eigenvalue weighted by Crippen LogP contribution is 2.24. The van der Waals surface area contributed by atoms with E-state index < -0.39 is 0 Å². The zero-order valence-electron chi connectivity index (χ0n) is 10.8. The van der Waals surface area contributed by atoms with E-state index in [1.54, 1.807) is 0 Å². The van der Waals surface area contributed by atoms with Gasteiger partial charge in [-0.05, 0) is 72.5 Å². The van der Waals surface area contributed by atoms with Gasteiger partial charge in [-0.25, -0.2) is 0 Å². The average Bonchev–Trinajstić information content (AvgIpc) is 2.35. The van der Waals surface area contributed by atoms with Gasteiger partial charge in [0.05, 0.1) is 5.02 Å². The van der Waals surface area contributed by atoms with E-state index in [0.717, 1.165) is 22.0 Å². The smallest absolute Gasteiger partial charge is 0.0548 e. The van der Waals surface area contributed by atoms with Crippen LogP contribution in [0, 0.1) is 5.92 Å². The Morgan fingerprint density at radius 1 is 1.39 bits per heavy atom. The predicted molar refractivity (Wildman–Crippen MR) is 81.1 cm³/mol. The lowest BCUT2D eigenvalue weighted by Gasteiger charge is -2.27. The molecular weight excluding hydrogens is 312 g/mol. The van der Waals surface area contributed by atoms with E-state index in [2.05, 4.69) is 45.3 Å². The van der Waals surface area contributed by atoms with Crippen molar-refractivity contribution in [2.75, 3.05) is 26.7 Å². The quantitative estimate of drug-likeness (QED) is 0.908. The van der Waals surface area contributed by atoms with Crippen LogP contribution in [0.1, 0.15) is 18.4 Å². The van der Waals surface area contributed by atoms with Gasteiger partial charge in [0.1, 0.15) is 0 Å². The fraction of sp³-hybridized carbons (Fsp3) is 0.571. The first-order valence-corrected chi connectivity index (χ1v) is 7.65. The molecule has 1 fully saturated rings. The molecular formula is C14H20BrClN2. The van der Waals surface area contributed by atoms with Gasteiger partial charge in [-0.3, -0.25) is 0 Å². The van der Waals surface area contributed by atoms with Crippen LogP contribution >= 0.6 is 27.5 Å². The number of hydrogen-bond donors (Lipinski definition) is 1. The predicted octanol–water partition coefficient (Wildman–Crippen LogP) is 3.53. The number of nitrogens with zero attached hydrogens (tertiary/aromatic N) is 1. The number of nitrogens with one attached hydrogen (secondary N) is 1. The molecule has 1 aromatic rings. The summed E-state index contributed by atoms with van der Waals surface area (Å²) in [5.41, 5.74) is 1.31. The van der Waals surface area contributed by atoms with Crippen LogP contribution in [0.4, 0.5) is 0 Å². The number of rotatable bonds is 4. The van der Waals surface area contributed by atoms with Crippen molar-refractivity contribution >= 4 is 27.5 Å². The van der Waals surface area contributed by atoms with Crippen molar-refractivity contribution in [3.8, 4) is 0 Å². The molecule has 1 heterocycles. The third-order valence-corrected chi connectivity index (χ3v) is 4.68. The standard InChI is InChI=1S/C14H20BrClN2/c1-18(9-11-4-6-17-7-5-11)10-12-2-3-14(16)13(15)8-12/h2-3,8,11,17H,4-7,9-10H2,1H3. The maximum atomic E-state index is 6.01. The summed E-state index contributed by atoms with van der Waals surface area (Å²) < 4.78 is 0.983. The highest BCUT2D eigenvalue weighted by atomic mass is 79.9. The molecule has 0 aromatic heterocycles. The Hall–Kier alpha value is -0.0900. The molecule has 18 heavy (non-hydrogen) atoms. The molecule has 100 valence electrons. The van der Waals surface area contributed by atoms with Crippen molar-refractivity contribution in [3.63, 3.8) is 0 Å². The van der Waals surface area contributed by atoms with Crippen LogP contribution in [-0.2, 0) is 6.54 Å². The molecule has 4 heteroatoms. The van der Waals surface area contributed by atoms with Gasteiger partial charge in [-0.15, -0.1) is 0 Å². The summed E-state index contributed by atoms with van der Waals surface area (Å²) in [6, 6.07) is 6.17. The molecule has 2 nitrogen and oxygen atoms in total. The van der Waals surface area contributed by atoms with Gasteiger partial charge < -0.3 is 10.2 Å². The second-order valence-electron chi connectivity index (χ2n) is 5.14. The van der Waals surface area contributed by atoms with Crippen LogP contribution in [0.15, 0.2) is 22.7 Å². The fourth-order valence-electron chi connectivity index (χ4n) is 2.52. The molecule has 1 saturated heterocycles. The van der Waals surface area contributed by atoms with E-state index in [-0.39, 0.29) is 0 Å². The summed E-state index contributed by atoms with van der Waals surface area (Å²) in [6.45, 7) is 4.51. The Morgan fingerprint density at radius 2 is 2.11 bits per heavy atom. The molecule has 2 rings (SSSR count). The summed E-state index contributed by atoms with van der Waals surface area (Å²) in [4.78, 5) is 2.41. The normalized spacial score (nSPS) is 17.3. The van der Waals surface area contributed by atoms with E-state index in [4.69, 9.17) is 11.6 Å². The lowest BCUT2D eigenvalue weighted by atomic mass is 9.97. The Kier molecular flexibility index (Phi) is 5.49. The summed E-state index contributed by atoms with van der Waals surface area (Å²) in [7, 11) is 2.20. The number of benzene rings is 1. The first kappa shape index (κ1) is 14.3. The molecule has 0 atom stereocenters. The maximum Gasteiger partial charge on any atom is 0.0548 e. The minimum absolute atomic E-state index is 0.778. The lowest BCUT2D eigenvalue weighted by Crippen LogP contribution is -2.34. The largest absolute Gasteiger partial charge is 0.317 e. The van der Waals surface area contributed by atoms with Crippen LogP contribution < -0.4 is 5.32 Å². The molecule has 0 bridgehead atoms. The maximum absolute atomic E-state index is 6.01. The lowest BCUT2D eigenvalue weighted by molar-refractivity contribution is 0.234. The molecule has 0 amide bonds. The third kappa shape index (κ3) is 4.23. The number of halogens is 2. The summed E-state index contributed by atoms with van der Waals surface area (Å²) in [5.74, 6) is 0.840. The fourth-order valence-corrected chi connectivity index (χ4v) is 3.06. The van der Waals surface area contributed by atoms with E-state index in [1.807, 2.05) is 6.07 Å². The van der Waals surface area contributed by atoms with Crippen molar-refractivity contribution in [2.45, 2.75) is 19.4 Å². The third-order valence-electron chi connectivity index (χ3n) is 3.47. The molecule has 1 aliphatic heterocycles. The highest BCUT2D eigenvalue weighted by molar-refractivity contribution is 9.10. The topological polar surface area (TPSA) is 15.3 Å². The van der Waals surface area contributed by atoms with E-state index >= 15 is 0 Å². The van der Waals surface area contributed by atoms with Crippen molar-refractivity contribution in [2.24, 2.45) is 5.92 Å². The van der Waals surface area contributed by atoms with Crippen molar-refractivity contribution in [1.82, 2.24) is 10.2 Å². The molecule has 0 aliphatic carbocycles. The first-order valence-electron chi connectivity index (χ1n) is 6.48. The van der Waals surface area contributed by atoms with Crippen LogP contribution in [-0.4, -0.2) is 31.6 Å². The summed E-state index contributed by atoms with van der Waals surface area (Å²) in [5, 5.41) is 4.19. The Bertz CT molecular complexity index is 391. The minimum atomic E-state index is 0.778. The van der Waals surface area contributed by atoms with E-state index in [0.29, 0.717) is 0 Å². The number of piperidine rings is 1. The van der Waals surface area contributed by atoms with Crippen LogP contribution in [0.5, 0.6) is 0 Å². The van der Waals surface area contributed by atoms with E-state index in [9.17, 15) is 0 Å². The second-order valence-corrected chi connectivity index (χ2v) is 6.40. The molecule has 1 aromatic carbocycles. The zero-order chi connectivity index (χ0) is 13.0. The minimum Gasteiger partial charge on any atom is -0.317 e. The van der Waals surface area contributed by atoms with Gasteiger partial charge in [0.25, 0.3) is 0 Å². The highest BCUT2D eigenvalue weighted by Gasteiger charge is 2.15. The Labute approximate surface area is 123 Å². The van der Waals surface area contributed by atoms with Crippen molar-refractivity contribution in [3.05, 3.63) is 33.3 Å². The van der Waals surface area contributed by atoms with Crippen LogP contribution in [0.25, 0.3) is 0 Å². The van der Waals surface area contributed by atoms with Gasteiger partial charge in [0.15, 0.2) is 0 Å². The summed E-state index contributed by atoms with van der Waals surface area (Å²) in [6.07, 6.45) is 2.60. The Morgan fingerprint density at radius 3 is 2.78 bits per heavy atom. The monoisotopic (exact) mass is 330 g/mol. The number of hydrogen-bond acceptors (Lipinski definition) is 2. The summed E-state index contributed by atoms with van der Waals surface area (Å²) >= 11 is 9.48. The van der Waals surface area contributed by atoms with Crippen molar-refractivity contribution < 1.29 is 0 Å².